The summed E-state index contributed by atoms with van der Waals surface area (Å²) >= 11 is 1.34. The highest BCUT2D eigenvalue weighted by atomic mass is 32.2. The molecule has 32 heavy (non-hydrogen) atoms. The number of imidazole rings is 1. The molecule has 0 aliphatic heterocycles. The maximum absolute atomic E-state index is 12.4. The Morgan fingerprint density at radius 3 is 2.53 bits per heavy atom. The maximum atomic E-state index is 12.4. The van der Waals surface area contributed by atoms with Crippen molar-refractivity contribution in [2.24, 2.45) is 0 Å². The van der Waals surface area contributed by atoms with Crippen LogP contribution < -0.4 is 10.6 Å². The molecular weight excluding hydrogens is 424 g/mol. The molecule has 0 radical (unpaired) electrons. The lowest BCUT2D eigenvalue weighted by Gasteiger charge is -2.09. The number of hydrogen-bond acceptors (Lipinski definition) is 5. The Morgan fingerprint density at radius 1 is 1.03 bits per heavy atom. The number of carbonyl (C=O) groups is 2. The number of thioether (sulfide) groups is 1. The van der Waals surface area contributed by atoms with Gasteiger partial charge in [-0.1, -0.05) is 30.0 Å². The summed E-state index contributed by atoms with van der Waals surface area (Å²) in [6, 6.07) is 20.3. The Kier molecular flexibility index (Phi) is 6.72. The fourth-order valence-electron chi connectivity index (χ4n) is 3.06. The minimum atomic E-state index is -0.177. The second-order valence-electron chi connectivity index (χ2n) is 7.02. The highest BCUT2D eigenvalue weighted by Gasteiger charge is 2.11. The molecule has 2 amide bonds. The topological polar surface area (TPSA) is 89.2 Å². The number of anilines is 1. The molecule has 2 N–H and O–H groups in total. The van der Waals surface area contributed by atoms with Crippen molar-refractivity contribution in [3.63, 3.8) is 0 Å². The van der Waals surface area contributed by atoms with Crippen LogP contribution in [0.4, 0.5) is 5.69 Å². The van der Waals surface area contributed by atoms with E-state index in [2.05, 4.69) is 15.6 Å². The van der Waals surface area contributed by atoms with Crippen LogP contribution in [-0.4, -0.2) is 27.1 Å². The van der Waals surface area contributed by atoms with E-state index in [9.17, 15) is 9.59 Å². The maximum Gasteiger partial charge on any atom is 0.251 e. The van der Waals surface area contributed by atoms with Crippen LogP contribution >= 0.6 is 11.8 Å². The lowest BCUT2D eigenvalue weighted by atomic mass is 10.2. The summed E-state index contributed by atoms with van der Waals surface area (Å²) in [5.74, 6) is 1.48. The molecule has 162 valence electrons. The number of aromatic nitrogens is 2. The van der Waals surface area contributed by atoms with Crippen LogP contribution in [0.2, 0.25) is 0 Å². The van der Waals surface area contributed by atoms with E-state index in [4.69, 9.17) is 4.42 Å². The van der Waals surface area contributed by atoms with Crippen molar-refractivity contribution in [2.45, 2.75) is 18.6 Å². The van der Waals surface area contributed by atoms with E-state index in [1.807, 2.05) is 72.3 Å². The van der Waals surface area contributed by atoms with Crippen molar-refractivity contribution in [3.05, 3.63) is 96.2 Å². The van der Waals surface area contributed by atoms with Gasteiger partial charge in [0.25, 0.3) is 5.91 Å². The number of nitrogens with zero attached hydrogens (tertiary/aromatic N) is 2. The number of amides is 2. The lowest BCUT2D eigenvalue weighted by molar-refractivity contribution is -0.113. The zero-order chi connectivity index (χ0) is 22.3. The molecule has 0 aliphatic carbocycles. The van der Waals surface area contributed by atoms with Gasteiger partial charge >= 0.3 is 0 Å². The number of benzene rings is 2. The third-order valence-corrected chi connectivity index (χ3v) is 5.59. The zero-order valence-corrected chi connectivity index (χ0v) is 18.3. The van der Waals surface area contributed by atoms with Gasteiger partial charge in [0, 0.05) is 29.3 Å². The van der Waals surface area contributed by atoms with Gasteiger partial charge in [0.1, 0.15) is 11.5 Å². The van der Waals surface area contributed by atoms with Gasteiger partial charge in [0.15, 0.2) is 5.16 Å². The lowest BCUT2D eigenvalue weighted by Crippen LogP contribution is -2.22. The van der Waals surface area contributed by atoms with Gasteiger partial charge in [0.05, 0.1) is 12.3 Å². The molecule has 0 aliphatic rings. The predicted octanol–water partition coefficient (Wildman–Crippen LogP) is 4.43. The van der Waals surface area contributed by atoms with E-state index in [0.29, 0.717) is 23.0 Å². The van der Waals surface area contributed by atoms with Gasteiger partial charge in [0.2, 0.25) is 5.91 Å². The van der Waals surface area contributed by atoms with Crippen LogP contribution in [0.15, 0.2) is 88.7 Å². The molecule has 4 aromatic rings. The van der Waals surface area contributed by atoms with E-state index >= 15 is 0 Å². The first-order valence-electron chi connectivity index (χ1n) is 10.0. The van der Waals surface area contributed by atoms with Crippen molar-refractivity contribution < 1.29 is 14.0 Å². The second kappa shape index (κ2) is 10.0. The van der Waals surface area contributed by atoms with E-state index in [1.165, 1.54) is 11.8 Å². The summed E-state index contributed by atoms with van der Waals surface area (Å²) < 4.78 is 7.35. The largest absolute Gasteiger partial charge is 0.465 e. The average Bonchev–Trinajstić information content (AvgIpc) is 3.45. The number of para-hydroxylation sites is 1. The third-order valence-electron chi connectivity index (χ3n) is 4.62. The number of hydrogen-bond donors (Lipinski definition) is 2. The number of nitrogens with one attached hydrogen (secondary N) is 2. The minimum absolute atomic E-state index is 0.102. The van der Waals surface area contributed by atoms with Crippen molar-refractivity contribution in [3.8, 4) is 5.69 Å². The highest BCUT2D eigenvalue weighted by Crippen LogP contribution is 2.21. The summed E-state index contributed by atoms with van der Waals surface area (Å²) in [6.45, 7) is 2.20. The monoisotopic (exact) mass is 446 g/mol. The molecule has 0 spiro atoms. The Morgan fingerprint density at radius 2 is 1.81 bits per heavy atom. The van der Waals surface area contributed by atoms with Gasteiger partial charge in [-0.15, -0.1) is 0 Å². The fraction of sp³-hybridized carbons (Fsp3) is 0.125. The van der Waals surface area contributed by atoms with Crippen LogP contribution in [0, 0.1) is 6.92 Å². The van der Waals surface area contributed by atoms with Gasteiger partial charge < -0.3 is 15.1 Å². The quantitative estimate of drug-likeness (QED) is 0.391. The highest BCUT2D eigenvalue weighted by molar-refractivity contribution is 7.99. The molecule has 0 atom stereocenters. The number of aryl methyl sites for hydroxylation is 1. The van der Waals surface area contributed by atoms with Crippen molar-refractivity contribution >= 4 is 29.3 Å². The van der Waals surface area contributed by atoms with Gasteiger partial charge in [-0.25, -0.2) is 4.98 Å². The predicted molar refractivity (Wildman–Crippen MR) is 124 cm³/mol. The summed E-state index contributed by atoms with van der Waals surface area (Å²) in [5.41, 5.74) is 2.16. The fourth-order valence-corrected chi connectivity index (χ4v) is 3.84. The molecule has 0 saturated carbocycles. The SMILES string of the molecule is Cc1ccc(CNC(=O)c2ccc(-n3ccnc3SCC(=O)Nc3ccccc3)cc2)o1. The van der Waals surface area contributed by atoms with E-state index in [0.717, 1.165) is 17.1 Å². The van der Waals surface area contributed by atoms with E-state index in [-0.39, 0.29) is 17.6 Å². The molecule has 7 nitrogen and oxygen atoms in total. The molecule has 2 aromatic heterocycles. The molecule has 4 rings (SSSR count). The molecule has 0 bridgehead atoms. The first-order chi connectivity index (χ1) is 15.6. The molecule has 0 saturated heterocycles. The summed E-state index contributed by atoms with van der Waals surface area (Å²) in [5, 5.41) is 6.40. The first-order valence-corrected chi connectivity index (χ1v) is 11.0. The van der Waals surface area contributed by atoms with E-state index < -0.39 is 0 Å². The van der Waals surface area contributed by atoms with Crippen molar-refractivity contribution in [1.82, 2.24) is 14.9 Å². The summed E-state index contributed by atoms with van der Waals surface area (Å²) in [6.07, 6.45) is 3.51. The smallest absolute Gasteiger partial charge is 0.251 e. The van der Waals surface area contributed by atoms with Gasteiger partial charge in [-0.05, 0) is 55.5 Å². The average molecular weight is 447 g/mol. The summed E-state index contributed by atoms with van der Waals surface area (Å²) in [7, 11) is 0. The van der Waals surface area contributed by atoms with Gasteiger partial charge in [-0.2, -0.15) is 0 Å². The standard InChI is InChI=1S/C24H22N4O3S/c1-17-7-12-21(31-17)15-26-23(30)18-8-10-20(11-9-18)28-14-13-25-24(28)32-16-22(29)27-19-5-3-2-4-6-19/h2-14H,15-16H2,1H3,(H,26,30)(H,27,29). The second-order valence-corrected chi connectivity index (χ2v) is 7.97. The Balaban J connectivity index is 1.34. The van der Waals surface area contributed by atoms with E-state index in [1.54, 1.807) is 18.3 Å². The van der Waals surface area contributed by atoms with Crippen LogP contribution in [0.3, 0.4) is 0 Å². The first kappa shape index (κ1) is 21.5. The number of carbonyl (C=O) groups excluding carboxylic acids is 2. The van der Waals surface area contributed by atoms with Crippen LogP contribution in [0.5, 0.6) is 0 Å². The third kappa shape index (κ3) is 5.47. The van der Waals surface area contributed by atoms with Crippen LogP contribution in [0.25, 0.3) is 5.69 Å². The molecule has 0 unspecified atom stereocenters. The molecule has 0 fully saturated rings. The zero-order valence-electron chi connectivity index (χ0n) is 17.4. The van der Waals surface area contributed by atoms with Gasteiger partial charge in [-0.3, -0.25) is 14.2 Å². The normalized spacial score (nSPS) is 10.7. The van der Waals surface area contributed by atoms with Crippen molar-refractivity contribution in [2.75, 3.05) is 11.1 Å². The molecular formula is C24H22N4O3S. The Bertz CT molecular complexity index is 1200. The molecule has 2 heterocycles. The number of rotatable bonds is 8. The Hall–Kier alpha value is -3.78. The minimum Gasteiger partial charge on any atom is -0.465 e. The Labute approximate surface area is 189 Å². The van der Waals surface area contributed by atoms with Crippen LogP contribution in [-0.2, 0) is 11.3 Å². The van der Waals surface area contributed by atoms with Crippen molar-refractivity contribution in [1.29, 1.82) is 0 Å². The number of furan rings is 1. The summed E-state index contributed by atoms with van der Waals surface area (Å²) in [4.78, 5) is 29.0. The molecule has 2 aromatic carbocycles. The van der Waals surface area contributed by atoms with Crippen LogP contribution in [0.1, 0.15) is 21.9 Å². The molecule has 8 heteroatoms.